The van der Waals surface area contributed by atoms with E-state index in [-0.39, 0.29) is 0 Å². The van der Waals surface area contributed by atoms with Crippen molar-refractivity contribution in [1.29, 1.82) is 0 Å². The van der Waals surface area contributed by atoms with Gasteiger partial charge in [0.15, 0.2) is 5.82 Å². The van der Waals surface area contributed by atoms with E-state index in [1.165, 1.54) is 37.7 Å². The molecule has 0 saturated heterocycles. The average molecular weight is 328 g/mol. The van der Waals surface area contributed by atoms with Crippen molar-refractivity contribution in [3.8, 4) is 0 Å². The van der Waals surface area contributed by atoms with Gasteiger partial charge in [0.1, 0.15) is 0 Å². The fraction of sp³-hybridized carbons (Fsp3) is 0.500. The molecule has 0 aliphatic heterocycles. The fourth-order valence-corrected chi connectivity index (χ4v) is 3.32. The standard InChI is InChI=1S/C18H24N4S/c1-13(2)15-10-8-14(9-11-15)12-19-22-17(20-21-18(22)23)16-6-4-3-5-7-16/h8-13,16H,3-7H2,1-2H3,(H,21,23)/b19-12+. The second-order valence-electron chi connectivity index (χ2n) is 6.60. The van der Waals surface area contributed by atoms with Gasteiger partial charge in [-0.25, -0.2) is 0 Å². The van der Waals surface area contributed by atoms with E-state index in [2.05, 4.69) is 53.4 Å². The van der Waals surface area contributed by atoms with Gasteiger partial charge in [-0.1, -0.05) is 57.4 Å². The van der Waals surface area contributed by atoms with Gasteiger partial charge in [-0.2, -0.15) is 14.9 Å². The number of nitrogens with zero attached hydrogens (tertiary/aromatic N) is 3. The first-order chi connectivity index (χ1) is 11.1. The van der Waals surface area contributed by atoms with Crippen molar-refractivity contribution >= 4 is 18.4 Å². The van der Waals surface area contributed by atoms with Crippen LogP contribution in [0.3, 0.4) is 0 Å². The van der Waals surface area contributed by atoms with Crippen molar-refractivity contribution in [1.82, 2.24) is 14.9 Å². The number of aromatic nitrogens is 3. The molecule has 0 atom stereocenters. The molecule has 3 rings (SSSR count). The lowest BCUT2D eigenvalue weighted by atomic mass is 9.89. The smallest absolute Gasteiger partial charge is 0.216 e. The maximum atomic E-state index is 5.34. The molecular formula is C18H24N4S. The topological polar surface area (TPSA) is 46.0 Å². The fourth-order valence-electron chi connectivity index (χ4n) is 3.13. The van der Waals surface area contributed by atoms with E-state index in [1.807, 2.05) is 6.21 Å². The van der Waals surface area contributed by atoms with Crippen LogP contribution >= 0.6 is 12.2 Å². The Balaban J connectivity index is 1.81. The predicted octanol–water partition coefficient (Wildman–Crippen LogP) is 4.99. The molecule has 5 heteroatoms. The van der Waals surface area contributed by atoms with Crippen LogP contribution in [-0.4, -0.2) is 21.1 Å². The molecule has 1 aliphatic rings. The second kappa shape index (κ2) is 7.21. The van der Waals surface area contributed by atoms with Gasteiger partial charge in [0.25, 0.3) is 0 Å². The highest BCUT2D eigenvalue weighted by Crippen LogP contribution is 2.31. The third-order valence-electron chi connectivity index (χ3n) is 4.57. The van der Waals surface area contributed by atoms with Crippen LogP contribution < -0.4 is 0 Å². The van der Waals surface area contributed by atoms with Crippen LogP contribution in [0.2, 0.25) is 0 Å². The molecule has 1 aromatic heterocycles. The minimum Gasteiger partial charge on any atom is -0.250 e. The van der Waals surface area contributed by atoms with E-state index in [4.69, 9.17) is 12.2 Å². The number of aromatic amines is 1. The molecule has 23 heavy (non-hydrogen) atoms. The van der Waals surface area contributed by atoms with Gasteiger partial charge >= 0.3 is 0 Å². The molecule has 1 heterocycles. The SMILES string of the molecule is CC(C)c1ccc(/C=N/n2c(C3CCCCC3)n[nH]c2=S)cc1. The largest absolute Gasteiger partial charge is 0.250 e. The van der Waals surface area contributed by atoms with Gasteiger partial charge in [0.05, 0.1) is 6.21 Å². The Kier molecular flexibility index (Phi) is 5.06. The molecule has 1 N–H and O–H groups in total. The summed E-state index contributed by atoms with van der Waals surface area (Å²) in [6.07, 6.45) is 8.08. The summed E-state index contributed by atoms with van der Waals surface area (Å²) in [5, 5.41) is 11.9. The van der Waals surface area contributed by atoms with E-state index < -0.39 is 0 Å². The van der Waals surface area contributed by atoms with Crippen LogP contribution in [0.4, 0.5) is 0 Å². The number of rotatable bonds is 4. The van der Waals surface area contributed by atoms with Crippen molar-refractivity contribution < 1.29 is 0 Å². The summed E-state index contributed by atoms with van der Waals surface area (Å²) in [6.45, 7) is 4.40. The maximum absolute atomic E-state index is 5.34. The van der Waals surface area contributed by atoms with Crippen LogP contribution in [0.15, 0.2) is 29.4 Å². The molecule has 2 aromatic rings. The quantitative estimate of drug-likeness (QED) is 0.634. The number of hydrogen-bond donors (Lipinski definition) is 1. The third kappa shape index (κ3) is 3.78. The van der Waals surface area contributed by atoms with Crippen molar-refractivity contribution in [2.75, 3.05) is 0 Å². The van der Waals surface area contributed by atoms with Gasteiger partial charge < -0.3 is 0 Å². The lowest BCUT2D eigenvalue weighted by molar-refractivity contribution is 0.419. The van der Waals surface area contributed by atoms with Crippen LogP contribution in [0.5, 0.6) is 0 Å². The zero-order chi connectivity index (χ0) is 16.2. The molecule has 122 valence electrons. The molecule has 1 saturated carbocycles. The van der Waals surface area contributed by atoms with E-state index >= 15 is 0 Å². The number of nitrogens with one attached hydrogen (secondary N) is 1. The summed E-state index contributed by atoms with van der Waals surface area (Å²) in [4.78, 5) is 0. The normalized spacial score (nSPS) is 16.5. The molecule has 0 bridgehead atoms. The minimum absolute atomic E-state index is 0.470. The summed E-state index contributed by atoms with van der Waals surface area (Å²) in [7, 11) is 0. The highest BCUT2D eigenvalue weighted by molar-refractivity contribution is 7.71. The average Bonchev–Trinajstić information content (AvgIpc) is 2.95. The summed E-state index contributed by atoms with van der Waals surface area (Å²) in [6, 6.07) is 8.51. The Morgan fingerprint density at radius 1 is 1.22 bits per heavy atom. The highest BCUT2D eigenvalue weighted by Gasteiger charge is 2.21. The van der Waals surface area contributed by atoms with E-state index in [0.717, 1.165) is 11.4 Å². The van der Waals surface area contributed by atoms with Crippen molar-refractivity contribution in [2.24, 2.45) is 5.10 Å². The van der Waals surface area contributed by atoms with Gasteiger partial charge in [-0.15, -0.1) is 0 Å². The highest BCUT2D eigenvalue weighted by atomic mass is 32.1. The minimum atomic E-state index is 0.470. The van der Waals surface area contributed by atoms with Gasteiger partial charge in [-0.3, -0.25) is 5.10 Å². The summed E-state index contributed by atoms with van der Waals surface area (Å²) in [5.41, 5.74) is 2.41. The van der Waals surface area contributed by atoms with E-state index in [0.29, 0.717) is 16.6 Å². The van der Waals surface area contributed by atoms with Crippen LogP contribution in [0.1, 0.15) is 74.7 Å². The number of benzene rings is 1. The molecule has 0 unspecified atom stereocenters. The number of hydrogen-bond acceptors (Lipinski definition) is 3. The molecule has 4 nitrogen and oxygen atoms in total. The lowest BCUT2D eigenvalue weighted by Gasteiger charge is -2.19. The Morgan fingerprint density at radius 3 is 2.57 bits per heavy atom. The Hall–Kier alpha value is -1.75. The molecule has 1 aromatic carbocycles. The van der Waals surface area contributed by atoms with Crippen LogP contribution in [0.25, 0.3) is 0 Å². The van der Waals surface area contributed by atoms with Crippen LogP contribution in [-0.2, 0) is 0 Å². The molecule has 1 aliphatic carbocycles. The first-order valence-corrected chi connectivity index (χ1v) is 8.87. The zero-order valence-electron chi connectivity index (χ0n) is 13.8. The van der Waals surface area contributed by atoms with Crippen molar-refractivity contribution in [2.45, 2.75) is 57.8 Å². The maximum Gasteiger partial charge on any atom is 0.216 e. The summed E-state index contributed by atoms with van der Waals surface area (Å²) in [5.74, 6) is 1.99. The Labute approximate surface area is 142 Å². The molecule has 0 radical (unpaired) electrons. The van der Waals surface area contributed by atoms with Gasteiger partial charge in [0, 0.05) is 5.92 Å². The molecule has 0 spiro atoms. The lowest BCUT2D eigenvalue weighted by Crippen LogP contribution is -2.10. The van der Waals surface area contributed by atoms with Crippen molar-refractivity contribution in [3.05, 3.63) is 46.0 Å². The summed E-state index contributed by atoms with van der Waals surface area (Å²) >= 11 is 5.34. The van der Waals surface area contributed by atoms with Crippen LogP contribution in [0, 0.1) is 4.77 Å². The van der Waals surface area contributed by atoms with Crippen molar-refractivity contribution in [3.63, 3.8) is 0 Å². The Bertz CT molecular complexity index is 718. The first-order valence-electron chi connectivity index (χ1n) is 8.47. The Morgan fingerprint density at radius 2 is 1.91 bits per heavy atom. The third-order valence-corrected chi connectivity index (χ3v) is 4.84. The number of H-pyrrole nitrogens is 1. The van der Waals surface area contributed by atoms with E-state index in [1.54, 1.807) is 4.68 Å². The molecular weight excluding hydrogens is 304 g/mol. The monoisotopic (exact) mass is 328 g/mol. The van der Waals surface area contributed by atoms with E-state index in [9.17, 15) is 0 Å². The predicted molar refractivity (Wildman–Crippen MR) is 96.8 cm³/mol. The summed E-state index contributed by atoms with van der Waals surface area (Å²) < 4.78 is 2.36. The van der Waals surface area contributed by atoms with Gasteiger partial charge in [-0.05, 0) is 42.1 Å². The molecule has 0 amide bonds. The van der Waals surface area contributed by atoms with Gasteiger partial charge in [0.2, 0.25) is 4.77 Å². The molecule has 1 fully saturated rings. The second-order valence-corrected chi connectivity index (χ2v) is 6.99. The zero-order valence-corrected chi connectivity index (χ0v) is 14.6. The first kappa shape index (κ1) is 16.1.